The summed E-state index contributed by atoms with van der Waals surface area (Å²) in [6.45, 7) is 6.24. The molecule has 1 aliphatic heterocycles. The van der Waals surface area contributed by atoms with Gasteiger partial charge in [0.1, 0.15) is 5.82 Å². The van der Waals surface area contributed by atoms with E-state index in [9.17, 15) is 0 Å². The standard InChI is InChI=1S/C12H17N5O2S/c1-8-14-15-10(19-8)12(2)6-17(7-12)11-13-9(16-20-11)4-5-18-3/h4-7H2,1-3H3. The first kappa shape index (κ1) is 13.4. The predicted octanol–water partition coefficient (Wildman–Crippen LogP) is 1.20. The molecule has 0 spiro atoms. The molecule has 2 aromatic heterocycles. The summed E-state index contributed by atoms with van der Waals surface area (Å²) in [5.41, 5.74) is -0.0837. The first-order valence-electron chi connectivity index (χ1n) is 6.48. The van der Waals surface area contributed by atoms with Gasteiger partial charge >= 0.3 is 0 Å². The van der Waals surface area contributed by atoms with Crippen LogP contribution in [-0.4, -0.2) is 46.4 Å². The SMILES string of the molecule is COCCc1nsc(N2CC(C)(c3nnc(C)o3)C2)n1. The minimum atomic E-state index is -0.0837. The molecule has 20 heavy (non-hydrogen) atoms. The zero-order valence-electron chi connectivity index (χ0n) is 11.8. The fraction of sp³-hybridized carbons (Fsp3) is 0.667. The van der Waals surface area contributed by atoms with E-state index in [1.54, 1.807) is 7.11 Å². The molecule has 3 rings (SSSR count). The monoisotopic (exact) mass is 295 g/mol. The van der Waals surface area contributed by atoms with Crippen LogP contribution in [0.5, 0.6) is 0 Å². The predicted molar refractivity (Wildman–Crippen MR) is 74.1 cm³/mol. The Labute approximate surface area is 121 Å². The van der Waals surface area contributed by atoms with E-state index in [0.29, 0.717) is 18.4 Å². The van der Waals surface area contributed by atoms with Crippen LogP contribution in [0.1, 0.15) is 24.5 Å². The quantitative estimate of drug-likeness (QED) is 0.820. The Bertz CT molecular complexity index is 590. The molecule has 1 saturated heterocycles. The molecule has 8 heteroatoms. The van der Waals surface area contributed by atoms with E-state index in [0.717, 1.165) is 30.5 Å². The van der Waals surface area contributed by atoms with Gasteiger partial charge in [-0.05, 0) is 6.92 Å². The van der Waals surface area contributed by atoms with Crippen molar-refractivity contribution in [3.05, 3.63) is 17.6 Å². The number of nitrogens with zero attached hydrogens (tertiary/aromatic N) is 5. The summed E-state index contributed by atoms with van der Waals surface area (Å²) in [7, 11) is 1.68. The Balaban J connectivity index is 1.63. The molecule has 7 nitrogen and oxygen atoms in total. The lowest BCUT2D eigenvalue weighted by molar-refractivity contribution is 0.201. The van der Waals surface area contributed by atoms with Crippen LogP contribution in [0.4, 0.5) is 5.13 Å². The third-order valence-corrected chi connectivity index (χ3v) is 4.19. The minimum absolute atomic E-state index is 0.0837. The van der Waals surface area contributed by atoms with E-state index >= 15 is 0 Å². The molecule has 0 radical (unpaired) electrons. The van der Waals surface area contributed by atoms with E-state index in [-0.39, 0.29) is 5.41 Å². The maximum absolute atomic E-state index is 5.53. The topological polar surface area (TPSA) is 77.2 Å². The second-order valence-corrected chi connectivity index (χ2v) is 6.01. The molecular weight excluding hydrogens is 278 g/mol. The minimum Gasteiger partial charge on any atom is -0.425 e. The molecule has 0 atom stereocenters. The summed E-state index contributed by atoms with van der Waals surface area (Å²) in [4.78, 5) is 6.71. The molecule has 1 aliphatic rings. The summed E-state index contributed by atoms with van der Waals surface area (Å²) in [6.07, 6.45) is 0.751. The molecule has 2 aromatic rings. The summed E-state index contributed by atoms with van der Waals surface area (Å²) in [5.74, 6) is 2.15. The van der Waals surface area contributed by atoms with E-state index in [2.05, 4.69) is 31.4 Å². The fourth-order valence-corrected chi connectivity index (χ4v) is 2.99. The van der Waals surface area contributed by atoms with Crippen molar-refractivity contribution in [2.24, 2.45) is 0 Å². The molecule has 0 saturated carbocycles. The van der Waals surface area contributed by atoms with Crippen molar-refractivity contribution in [1.29, 1.82) is 0 Å². The number of hydrogen-bond acceptors (Lipinski definition) is 8. The van der Waals surface area contributed by atoms with Crippen LogP contribution < -0.4 is 4.90 Å². The number of aryl methyl sites for hydroxylation is 1. The molecule has 1 fully saturated rings. The highest BCUT2D eigenvalue weighted by molar-refractivity contribution is 7.09. The maximum Gasteiger partial charge on any atom is 0.225 e. The molecule has 0 N–H and O–H groups in total. The van der Waals surface area contributed by atoms with Gasteiger partial charge < -0.3 is 14.1 Å². The van der Waals surface area contributed by atoms with E-state index in [1.807, 2.05) is 6.92 Å². The average molecular weight is 295 g/mol. The third kappa shape index (κ3) is 2.40. The lowest BCUT2D eigenvalue weighted by Gasteiger charge is -2.45. The molecule has 0 amide bonds. The van der Waals surface area contributed by atoms with Crippen LogP contribution in [0, 0.1) is 6.92 Å². The van der Waals surface area contributed by atoms with Crippen LogP contribution in [0.2, 0.25) is 0 Å². The van der Waals surface area contributed by atoms with Gasteiger partial charge in [0.05, 0.1) is 12.0 Å². The van der Waals surface area contributed by atoms with Crippen LogP contribution in [0.15, 0.2) is 4.42 Å². The van der Waals surface area contributed by atoms with Crippen molar-refractivity contribution < 1.29 is 9.15 Å². The second-order valence-electron chi connectivity index (χ2n) is 5.28. The highest BCUT2D eigenvalue weighted by Crippen LogP contribution is 2.37. The number of methoxy groups -OCH3 is 1. The number of aromatic nitrogens is 4. The Morgan fingerprint density at radius 2 is 2.20 bits per heavy atom. The Morgan fingerprint density at radius 3 is 2.85 bits per heavy atom. The van der Waals surface area contributed by atoms with Crippen LogP contribution in [0.3, 0.4) is 0 Å². The third-order valence-electron chi connectivity index (χ3n) is 3.38. The van der Waals surface area contributed by atoms with Crippen molar-refractivity contribution in [2.75, 3.05) is 31.7 Å². The number of anilines is 1. The van der Waals surface area contributed by atoms with Crippen LogP contribution in [-0.2, 0) is 16.6 Å². The van der Waals surface area contributed by atoms with Crippen molar-refractivity contribution in [1.82, 2.24) is 19.6 Å². The Hall–Kier alpha value is -1.54. The normalized spacial score (nSPS) is 17.2. The van der Waals surface area contributed by atoms with Gasteiger partial charge in [-0.25, -0.2) is 4.98 Å². The number of rotatable bonds is 5. The van der Waals surface area contributed by atoms with Gasteiger partial charge in [-0.2, -0.15) is 4.37 Å². The van der Waals surface area contributed by atoms with Gasteiger partial charge in [-0.1, -0.05) is 0 Å². The zero-order valence-corrected chi connectivity index (χ0v) is 12.6. The molecule has 0 bridgehead atoms. The number of hydrogen-bond donors (Lipinski definition) is 0. The molecule has 0 aliphatic carbocycles. The molecule has 108 valence electrons. The number of ether oxygens (including phenoxy) is 1. The summed E-state index contributed by atoms with van der Waals surface area (Å²) in [5, 5.41) is 8.97. The van der Waals surface area contributed by atoms with Gasteiger partial charge in [0.25, 0.3) is 0 Å². The highest BCUT2D eigenvalue weighted by Gasteiger charge is 2.45. The van der Waals surface area contributed by atoms with Gasteiger partial charge in [0, 0.05) is 45.1 Å². The van der Waals surface area contributed by atoms with Gasteiger partial charge in [0.2, 0.25) is 16.9 Å². The van der Waals surface area contributed by atoms with Crippen LogP contribution in [0.25, 0.3) is 0 Å². The molecule has 3 heterocycles. The van der Waals surface area contributed by atoms with E-state index < -0.39 is 0 Å². The zero-order chi connectivity index (χ0) is 14.2. The van der Waals surface area contributed by atoms with Gasteiger partial charge in [-0.3, -0.25) is 0 Å². The first-order chi connectivity index (χ1) is 9.60. The molecular formula is C12H17N5O2S. The van der Waals surface area contributed by atoms with Crippen molar-refractivity contribution in [3.63, 3.8) is 0 Å². The fourth-order valence-electron chi connectivity index (χ4n) is 2.28. The Kier molecular flexibility index (Phi) is 3.43. The van der Waals surface area contributed by atoms with E-state index in [1.165, 1.54) is 11.5 Å². The summed E-state index contributed by atoms with van der Waals surface area (Å²) in [6, 6.07) is 0. The highest BCUT2D eigenvalue weighted by atomic mass is 32.1. The van der Waals surface area contributed by atoms with Gasteiger partial charge in [0.15, 0.2) is 0 Å². The second kappa shape index (κ2) is 5.10. The Morgan fingerprint density at radius 1 is 1.40 bits per heavy atom. The maximum atomic E-state index is 5.53. The van der Waals surface area contributed by atoms with Crippen molar-refractivity contribution >= 4 is 16.7 Å². The smallest absolute Gasteiger partial charge is 0.225 e. The van der Waals surface area contributed by atoms with E-state index in [4.69, 9.17) is 9.15 Å². The van der Waals surface area contributed by atoms with Crippen molar-refractivity contribution in [3.8, 4) is 0 Å². The first-order valence-corrected chi connectivity index (χ1v) is 7.25. The van der Waals surface area contributed by atoms with Gasteiger partial charge in [-0.15, -0.1) is 10.2 Å². The summed E-state index contributed by atoms with van der Waals surface area (Å²) >= 11 is 1.43. The van der Waals surface area contributed by atoms with Crippen molar-refractivity contribution in [2.45, 2.75) is 25.7 Å². The van der Waals surface area contributed by atoms with Crippen LogP contribution >= 0.6 is 11.5 Å². The lowest BCUT2D eigenvalue weighted by atomic mass is 9.82. The lowest BCUT2D eigenvalue weighted by Crippen LogP contribution is -2.58. The molecule has 0 unspecified atom stereocenters. The molecule has 0 aromatic carbocycles. The largest absolute Gasteiger partial charge is 0.425 e. The summed E-state index contributed by atoms with van der Waals surface area (Å²) < 4.78 is 14.9. The average Bonchev–Trinajstić information content (AvgIpc) is 3.01.